The number of thiophene rings is 1. The molecule has 4 heterocycles. The fourth-order valence-electron chi connectivity index (χ4n) is 3.37. The van der Waals surface area contributed by atoms with E-state index in [0.29, 0.717) is 6.54 Å². The summed E-state index contributed by atoms with van der Waals surface area (Å²) in [4.78, 5) is 28.8. The highest BCUT2D eigenvalue weighted by Crippen LogP contribution is 2.32. The van der Waals surface area contributed by atoms with E-state index >= 15 is 0 Å². The summed E-state index contributed by atoms with van der Waals surface area (Å²) < 4.78 is 1.95. The van der Waals surface area contributed by atoms with Gasteiger partial charge in [-0.2, -0.15) is 0 Å². The van der Waals surface area contributed by atoms with Gasteiger partial charge in [0.25, 0.3) is 5.91 Å². The lowest BCUT2D eigenvalue weighted by molar-refractivity contribution is 0.0711. The van der Waals surface area contributed by atoms with Crippen LogP contribution in [0.3, 0.4) is 0 Å². The maximum absolute atomic E-state index is 12.7. The second-order valence-electron chi connectivity index (χ2n) is 6.25. The van der Waals surface area contributed by atoms with E-state index in [1.54, 1.807) is 18.7 Å². The Labute approximate surface area is 150 Å². The van der Waals surface area contributed by atoms with E-state index in [1.165, 1.54) is 11.3 Å². The molecule has 6 nitrogen and oxygen atoms in total. The van der Waals surface area contributed by atoms with Gasteiger partial charge in [0, 0.05) is 38.4 Å². The number of carbonyl (C=O) groups excluding carboxylic acids is 1. The largest absolute Gasteiger partial charge is 0.337 e. The van der Waals surface area contributed by atoms with Crippen LogP contribution in [-0.2, 0) is 7.05 Å². The van der Waals surface area contributed by atoms with E-state index in [4.69, 9.17) is 0 Å². The molecule has 1 saturated heterocycles. The van der Waals surface area contributed by atoms with Gasteiger partial charge < -0.3 is 9.47 Å². The Bertz CT molecular complexity index is 873. The first-order valence-corrected chi connectivity index (χ1v) is 9.22. The molecule has 7 heteroatoms. The fraction of sp³-hybridized carbons (Fsp3) is 0.333. The highest BCUT2D eigenvalue weighted by Gasteiger charge is 2.29. The van der Waals surface area contributed by atoms with E-state index in [0.717, 1.165) is 41.3 Å². The number of rotatable bonds is 3. The summed E-state index contributed by atoms with van der Waals surface area (Å²) >= 11 is 1.49. The van der Waals surface area contributed by atoms with Gasteiger partial charge in [-0.15, -0.1) is 11.3 Å². The number of amides is 1. The summed E-state index contributed by atoms with van der Waals surface area (Å²) in [5, 5.41) is 1.94. The molecule has 1 aliphatic rings. The molecule has 0 saturated carbocycles. The summed E-state index contributed by atoms with van der Waals surface area (Å²) in [5.74, 6) is 0.307. The summed E-state index contributed by atoms with van der Waals surface area (Å²) in [5.41, 5.74) is 2.76. The summed E-state index contributed by atoms with van der Waals surface area (Å²) in [6, 6.07) is 3.81. The molecule has 0 spiro atoms. The molecule has 4 rings (SSSR count). The number of hydrogen-bond donors (Lipinski definition) is 0. The Hall–Kier alpha value is -2.54. The average molecular weight is 353 g/mol. The van der Waals surface area contributed by atoms with Crippen molar-refractivity contribution < 1.29 is 4.79 Å². The Morgan fingerprint density at radius 2 is 2.20 bits per heavy atom. The molecule has 1 fully saturated rings. The van der Waals surface area contributed by atoms with Crippen LogP contribution < -0.4 is 0 Å². The van der Waals surface area contributed by atoms with Crippen molar-refractivity contribution >= 4 is 17.2 Å². The Balaban J connectivity index is 1.62. The van der Waals surface area contributed by atoms with E-state index in [-0.39, 0.29) is 11.8 Å². The van der Waals surface area contributed by atoms with Gasteiger partial charge in [-0.3, -0.25) is 14.8 Å². The number of imidazole rings is 1. The minimum atomic E-state index is 0.116. The van der Waals surface area contributed by atoms with Gasteiger partial charge in [0.15, 0.2) is 0 Å². The first-order chi connectivity index (χ1) is 12.2. The molecule has 1 atom stereocenters. The predicted molar refractivity (Wildman–Crippen MR) is 96.4 cm³/mol. The van der Waals surface area contributed by atoms with Crippen molar-refractivity contribution in [1.82, 2.24) is 24.4 Å². The van der Waals surface area contributed by atoms with Crippen molar-refractivity contribution in [1.29, 1.82) is 0 Å². The summed E-state index contributed by atoms with van der Waals surface area (Å²) in [6.45, 7) is 1.48. The number of carbonyl (C=O) groups is 1. The first kappa shape index (κ1) is 16.0. The third kappa shape index (κ3) is 3.07. The van der Waals surface area contributed by atoms with Crippen LogP contribution in [-0.4, -0.2) is 43.4 Å². The molecule has 0 bridgehead atoms. The number of likely N-dealkylation sites (tertiary alicyclic amines) is 1. The highest BCUT2D eigenvalue weighted by atomic mass is 32.1. The quantitative estimate of drug-likeness (QED) is 0.726. The topological polar surface area (TPSA) is 63.9 Å². The van der Waals surface area contributed by atoms with Gasteiger partial charge in [0.05, 0.1) is 28.8 Å². The third-order valence-electron chi connectivity index (χ3n) is 4.61. The lowest BCUT2D eigenvalue weighted by atomic mass is 9.92. The maximum atomic E-state index is 12.7. The van der Waals surface area contributed by atoms with Crippen LogP contribution in [0.15, 0.2) is 42.4 Å². The van der Waals surface area contributed by atoms with E-state index < -0.39 is 0 Å². The standard InChI is InChI=1S/C18H19N5OS/c1-22-12-19-10-14(22)17-16(20-6-7-21-17)13-4-2-8-23(11-13)18(24)15-5-3-9-25-15/h3,5-7,9-10,12-13H,2,4,8,11H2,1H3. The zero-order valence-electron chi connectivity index (χ0n) is 14.0. The summed E-state index contributed by atoms with van der Waals surface area (Å²) in [6.07, 6.45) is 9.01. The van der Waals surface area contributed by atoms with Crippen LogP contribution in [0.1, 0.15) is 34.1 Å². The van der Waals surface area contributed by atoms with Crippen LogP contribution in [0.25, 0.3) is 11.4 Å². The molecular formula is C18H19N5OS. The third-order valence-corrected chi connectivity index (χ3v) is 5.47. The van der Waals surface area contributed by atoms with Crippen molar-refractivity contribution in [2.45, 2.75) is 18.8 Å². The molecule has 25 heavy (non-hydrogen) atoms. The molecule has 0 aliphatic carbocycles. The summed E-state index contributed by atoms with van der Waals surface area (Å²) in [7, 11) is 1.95. The lowest BCUT2D eigenvalue weighted by Crippen LogP contribution is -2.39. The predicted octanol–water partition coefficient (Wildman–Crippen LogP) is 2.96. The molecule has 1 amide bonds. The van der Waals surface area contributed by atoms with Crippen LogP contribution in [0.5, 0.6) is 0 Å². The number of piperidine rings is 1. The molecule has 0 aromatic carbocycles. The van der Waals surface area contributed by atoms with Gasteiger partial charge >= 0.3 is 0 Å². The smallest absolute Gasteiger partial charge is 0.263 e. The lowest BCUT2D eigenvalue weighted by Gasteiger charge is -2.32. The number of aromatic nitrogens is 4. The normalized spacial score (nSPS) is 17.6. The van der Waals surface area contributed by atoms with Gasteiger partial charge in [-0.05, 0) is 24.3 Å². The zero-order valence-corrected chi connectivity index (χ0v) is 14.8. The molecule has 3 aromatic rings. The van der Waals surface area contributed by atoms with Crippen LogP contribution >= 0.6 is 11.3 Å². The van der Waals surface area contributed by atoms with Crippen molar-refractivity contribution in [3.05, 3.63) is 53.0 Å². The molecule has 1 unspecified atom stereocenters. The van der Waals surface area contributed by atoms with Crippen molar-refractivity contribution in [2.24, 2.45) is 7.05 Å². The van der Waals surface area contributed by atoms with Gasteiger partial charge in [0.2, 0.25) is 0 Å². The van der Waals surface area contributed by atoms with Crippen LogP contribution in [0, 0.1) is 0 Å². The Morgan fingerprint density at radius 3 is 2.96 bits per heavy atom. The second-order valence-corrected chi connectivity index (χ2v) is 7.20. The van der Waals surface area contributed by atoms with Gasteiger partial charge in [-0.1, -0.05) is 6.07 Å². The highest BCUT2D eigenvalue weighted by molar-refractivity contribution is 7.12. The first-order valence-electron chi connectivity index (χ1n) is 8.34. The monoisotopic (exact) mass is 353 g/mol. The van der Waals surface area contributed by atoms with Crippen molar-refractivity contribution in [3.8, 4) is 11.4 Å². The van der Waals surface area contributed by atoms with Crippen LogP contribution in [0.2, 0.25) is 0 Å². The number of nitrogens with zero attached hydrogens (tertiary/aromatic N) is 5. The fourth-order valence-corrected chi connectivity index (χ4v) is 4.06. The Morgan fingerprint density at radius 1 is 1.32 bits per heavy atom. The van der Waals surface area contributed by atoms with Crippen LogP contribution in [0.4, 0.5) is 0 Å². The van der Waals surface area contributed by atoms with Gasteiger partial charge in [0.1, 0.15) is 5.69 Å². The molecule has 128 valence electrons. The number of aryl methyl sites for hydroxylation is 1. The maximum Gasteiger partial charge on any atom is 0.263 e. The minimum absolute atomic E-state index is 0.116. The zero-order chi connectivity index (χ0) is 17.2. The van der Waals surface area contributed by atoms with Crippen molar-refractivity contribution in [2.75, 3.05) is 13.1 Å². The van der Waals surface area contributed by atoms with Crippen molar-refractivity contribution in [3.63, 3.8) is 0 Å². The SMILES string of the molecule is Cn1cncc1-c1nccnc1C1CCCN(C(=O)c2cccs2)C1. The molecule has 3 aromatic heterocycles. The average Bonchev–Trinajstić information content (AvgIpc) is 3.33. The molecule has 1 aliphatic heterocycles. The molecular weight excluding hydrogens is 334 g/mol. The van der Waals surface area contributed by atoms with E-state index in [2.05, 4.69) is 15.0 Å². The van der Waals surface area contributed by atoms with E-state index in [1.807, 2.05) is 40.2 Å². The Kier molecular flexibility index (Phi) is 4.31. The molecule has 0 N–H and O–H groups in total. The number of hydrogen-bond acceptors (Lipinski definition) is 5. The van der Waals surface area contributed by atoms with Gasteiger partial charge in [-0.25, -0.2) is 4.98 Å². The van der Waals surface area contributed by atoms with E-state index in [9.17, 15) is 4.79 Å². The molecule has 0 radical (unpaired) electrons. The second kappa shape index (κ2) is 6.76. The minimum Gasteiger partial charge on any atom is -0.337 e.